The Morgan fingerprint density at radius 3 is 3.00 bits per heavy atom. The minimum Gasteiger partial charge on any atom is -0.375 e. The molecule has 23 heavy (non-hydrogen) atoms. The number of fused-ring (bicyclic) bond motifs is 2. The molecule has 1 aliphatic carbocycles. The maximum atomic E-state index is 6.65. The lowest BCUT2D eigenvalue weighted by molar-refractivity contribution is -0.0914. The third-order valence-electron chi connectivity index (χ3n) is 5.35. The smallest absolute Gasteiger partial charge is 0.0740 e. The second-order valence-electron chi connectivity index (χ2n) is 6.75. The number of ether oxygens (including phenoxy) is 1. The van der Waals surface area contributed by atoms with Crippen molar-refractivity contribution in [2.75, 3.05) is 13.2 Å². The third kappa shape index (κ3) is 2.86. The summed E-state index contributed by atoms with van der Waals surface area (Å²) in [6.45, 7) is 4.73. The summed E-state index contributed by atoms with van der Waals surface area (Å²) in [6.07, 6.45) is 5.42. The molecule has 0 unspecified atom stereocenters. The maximum absolute atomic E-state index is 6.65. The van der Waals surface area contributed by atoms with Gasteiger partial charge in [0.2, 0.25) is 0 Å². The summed E-state index contributed by atoms with van der Waals surface area (Å²) in [5.41, 5.74) is 3.19. The molecule has 1 saturated heterocycles. The number of hydrogen-bond donors (Lipinski definition) is 0. The van der Waals surface area contributed by atoms with Gasteiger partial charge in [-0.2, -0.15) is 0 Å². The Balaban J connectivity index is 1.65. The zero-order chi connectivity index (χ0) is 15.8. The molecular weight excluding hydrogens is 308 g/mol. The first-order valence-corrected chi connectivity index (χ1v) is 9.01. The summed E-state index contributed by atoms with van der Waals surface area (Å²) in [5.74, 6) is 0. The van der Waals surface area contributed by atoms with Crippen molar-refractivity contribution in [1.29, 1.82) is 0 Å². The predicted molar refractivity (Wildman–Crippen MR) is 93.9 cm³/mol. The van der Waals surface area contributed by atoms with Crippen LogP contribution in [0.15, 0.2) is 24.3 Å². The normalized spacial score (nSPS) is 25.5. The Morgan fingerprint density at radius 2 is 2.09 bits per heavy atom. The van der Waals surface area contributed by atoms with Gasteiger partial charge in [-0.3, -0.25) is 4.90 Å². The summed E-state index contributed by atoms with van der Waals surface area (Å²) in [4.78, 5) is 7.39. The van der Waals surface area contributed by atoms with E-state index < -0.39 is 0 Å². The van der Waals surface area contributed by atoms with Gasteiger partial charge in [0, 0.05) is 24.5 Å². The van der Waals surface area contributed by atoms with Gasteiger partial charge in [-0.25, -0.2) is 4.98 Å². The topological polar surface area (TPSA) is 25.4 Å². The number of nitrogens with zero attached hydrogens (tertiary/aromatic N) is 2. The lowest BCUT2D eigenvalue weighted by atomic mass is 9.90. The number of pyridine rings is 1. The highest BCUT2D eigenvalue weighted by Gasteiger charge is 2.34. The highest BCUT2D eigenvalue weighted by atomic mass is 35.5. The molecular formula is C19H23ClN2O. The van der Waals surface area contributed by atoms with Crippen LogP contribution in [0.25, 0.3) is 10.9 Å². The molecule has 0 spiro atoms. The number of aromatic nitrogens is 1. The maximum Gasteiger partial charge on any atom is 0.0740 e. The molecule has 0 bridgehead atoms. The number of halogens is 1. The standard InChI is InChI=1S/C19H23ClN2O/c1-13-14-6-2-3-7-15(14)21-16(19(13)20)12-22-10-11-23-18-9-5-4-8-17(18)22/h2-3,6-7,17-18H,4-5,8-12H2,1H3/t17-,18+/m1/s1. The minimum atomic E-state index is 0.401. The first kappa shape index (κ1) is 15.4. The Kier molecular flexibility index (Phi) is 4.27. The van der Waals surface area contributed by atoms with Gasteiger partial charge in [-0.05, 0) is 31.4 Å². The van der Waals surface area contributed by atoms with E-state index >= 15 is 0 Å². The van der Waals surface area contributed by atoms with Crippen molar-refractivity contribution in [2.24, 2.45) is 0 Å². The van der Waals surface area contributed by atoms with E-state index in [0.29, 0.717) is 12.1 Å². The molecule has 1 saturated carbocycles. The van der Waals surface area contributed by atoms with Crippen LogP contribution in [0.5, 0.6) is 0 Å². The van der Waals surface area contributed by atoms with Crippen LogP contribution in [0.4, 0.5) is 0 Å². The van der Waals surface area contributed by atoms with Crippen LogP contribution in [0.3, 0.4) is 0 Å². The van der Waals surface area contributed by atoms with Crippen LogP contribution >= 0.6 is 11.6 Å². The van der Waals surface area contributed by atoms with Crippen LogP contribution < -0.4 is 0 Å². The van der Waals surface area contributed by atoms with Gasteiger partial charge in [-0.1, -0.05) is 42.6 Å². The fraction of sp³-hybridized carbons (Fsp3) is 0.526. The van der Waals surface area contributed by atoms with Crippen LogP contribution in [0, 0.1) is 6.92 Å². The van der Waals surface area contributed by atoms with Crippen molar-refractivity contribution in [3.8, 4) is 0 Å². The molecule has 4 rings (SSSR count). The monoisotopic (exact) mass is 330 g/mol. The van der Waals surface area contributed by atoms with E-state index in [1.54, 1.807) is 0 Å². The van der Waals surface area contributed by atoms with Gasteiger partial charge in [-0.15, -0.1) is 0 Å². The molecule has 2 heterocycles. The lowest BCUT2D eigenvalue weighted by Crippen LogP contribution is -2.52. The number of hydrogen-bond acceptors (Lipinski definition) is 3. The van der Waals surface area contributed by atoms with Crippen LogP contribution in [-0.4, -0.2) is 35.2 Å². The summed E-state index contributed by atoms with van der Waals surface area (Å²) in [6, 6.07) is 8.78. The molecule has 4 heteroatoms. The Labute approximate surface area is 142 Å². The second-order valence-corrected chi connectivity index (χ2v) is 7.12. The molecule has 0 radical (unpaired) electrons. The average Bonchev–Trinajstić information content (AvgIpc) is 2.60. The van der Waals surface area contributed by atoms with Gasteiger partial charge in [0.15, 0.2) is 0 Å². The highest BCUT2D eigenvalue weighted by Crippen LogP contribution is 2.32. The number of rotatable bonds is 2. The minimum absolute atomic E-state index is 0.401. The number of para-hydroxylation sites is 1. The van der Waals surface area contributed by atoms with Crippen LogP contribution in [-0.2, 0) is 11.3 Å². The van der Waals surface area contributed by atoms with Crippen molar-refractivity contribution < 1.29 is 4.74 Å². The third-order valence-corrected chi connectivity index (χ3v) is 5.85. The number of benzene rings is 1. The van der Waals surface area contributed by atoms with Crippen molar-refractivity contribution >= 4 is 22.5 Å². The van der Waals surface area contributed by atoms with Crippen LogP contribution in [0.2, 0.25) is 5.02 Å². The zero-order valence-corrected chi connectivity index (χ0v) is 14.4. The molecule has 0 amide bonds. The van der Waals surface area contributed by atoms with Gasteiger partial charge < -0.3 is 4.74 Å². The van der Waals surface area contributed by atoms with E-state index in [1.165, 1.54) is 25.7 Å². The lowest BCUT2D eigenvalue weighted by Gasteiger charge is -2.43. The van der Waals surface area contributed by atoms with Gasteiger partial charge in [0.05, 0.1) is 28.9 Å². The predicted octanol–water partition coefficient (Wildman–Crippen LogP) is 4.34. The quantitative estimate of drug-likeness (QED) is 0.819. The summed E-state index contributed by atoms with van der Waals surface area (Å²) < 4.78 is 5.98. The van der Waals surface area contributed by atoms with E-state index in [1.807, 2.05) is 12.1 Å². The van der Waals surface area contributed by atoms with Gasteiger partial charge in [0.25, 0.3) is 0 Å². The largest absolute Gasteiger partial charge is 0.375 e. The Hall–Kier alpha value is -1.16. The van der Waals surface area contributed by atoms with Crippen molar-refractivity contribution in [3.05, 3.63) is 40.5 Å². The van der Waals surface area contributed by atoms with E-state index in [2.05, 4.69) is 24.0 Å². The molecule has 122 valence electrons. The Morgan fingerprint density at radius 1 is 1.26 bits per heavy atom. The van der Waals surface area contributed by atoms with E-state index in [0.717, 1.165) is 46.9 Å². The fourth-order valence-corrected chi connectivity index (χ4v) is 4.29. The molecule has 1 aromatic carbocycles. The van der Waals surface area contributed by atoms with E-state index in [9.17, 15) is 0 Å². The Bertz CT molecular complexity index is 716. The molecule has 1 aromatic heterocycles. The summed E-state index contributed by atoms with van der Waals surface area (Å²) >= 11 is 6.65. The molecule has 0 N–H and O–H groups in total. The van der Waals surface area contributed by atoms with Crippen molar-refractivity contribution in [2.45, 2.75) is 51.3 Å². The van der Waals surface area contributed by atoms with Gasteiger partial charge >= 0.3 is 0 Å². The summed E-state index contributed by atoms with van der Waals surface area (Å²) in [5, 5.41) is 1.97. The number of aryl methyl sites for hydroxylation is 1. The SMILES string of the molecule is Cc1c(Cl)c(CN2CCO[C@H]3CCCC[C@H]32)nc2ccccc12. The van der Waals surface area contributed by atoms with Gasteiger partial charge in [0.1, 0.15) is 0 Å². The molecule has 2 aliphatic rings. The van der Waals surface area contributed by atoms with Crippen molar-refractivity contribution in [3.63, 3.8) is 0 Å². The number of morpholine rings is 1. The molecule has 1 aliphatic heterocycles. The zero-order valence-electron chi connectivity index (χ0n) is 13.6. The first-order valence-electron chi connectivity index (χ1n) is 8.63. The highest BCUT2D eigenvalue weighted by molar-refractivity contribution is 6.32. The molecule has 3 nitrogen and oxygen atoms in total. The molecule has 2 fully saturated rings. The van der Waals surface area contributed by atoms with Crippen LogP contribution in [0.1, 0.15) is 36.9 Å². The van der Waals surface area contributed by atoms with E-state index in [4.69, 9.17) is 21.3 Å². The fourth-order valence-electron chi connectivity index (χ4n) is 4.09. The van der Waals surface area contributed by atoms with E-state index in [-0.39, 0.29) is 0 Å². The average molecular weight is 331 g/mol. The first-order chi connectivity index (χ1) is 11.2. The molecule has 2 atom stereocenters. The second kappa shape index (κ2) is 6.39. The molecule has 2 aromatic rings. The van der Waals surface area contributed by atoms with Crippen molar-refractivity contribution in [1.82, 2.24) is 9.88 Å². The summed E-state index contributed by atoms with van der Waals surface area (Å²) in [7, 11) is 0.